The maximum atomic E-state index is 11.1. The molecule has 166 valence electrons. The van der Waals surface area contributed by atoms with Crippen molar-refractivity contribution in [2.24, 2.45) is 0 Å². The molecular formula is C23H28N8O. The van der Waals surface area contributed by atoms with Crippen molar-refractivity contribution >= 4 is 35.2 Å². The minimum Gasteiger partial charge on any atom is -0.361 e. The Balaban J connectivity index is 1.66. The summed E-state index contributed by atoms with van der Waals surface area (Å²) in [6.45, 7) is 4.68. The molecule has 5 rings (SSSR count). The van der Waals surface area contributed by atoms with Crippen LogP contribution in [0.4, 0.5) is 17.6 Å². The lowest BCUT2D eigenvalue weighted by molar-refractivity contribution is -0.118. The molecule has 0 aliphatic carbocycles. The first-order chi connectivity index (χ1) is 15.6. The van der Waals surface area contributed by atoms with E-state index in [0.717, 1.165) is 60.8 Å². The lowest BCUT2D eigenvalue weighted by atomic mass is 10.1. The first-order valence-corrected chi connectivity index (χ1v) is 11.2. The van der Waals surface area contributed by atoms with Crippen molar-refractivity contribution in [3.63, 3.8) is 0 Å². The Morgan fingerprint density at radius 3 is 2.22 bits per heavy atom. The van der Waals surface area contributed by atoms with E-state index in [1.807, 2.05) is 37.2 Å². The van der Waals surface area contributed by atoms with Crippen molar-refractivity contribution < 1.29 is 4.79 Å². The Morgan fingerprint density at radius 2 is 1.56 bits per heavy atom. The van der Waals surface area contributed by atoms with Crippen LogP contribution in [0.1, 0.15) is 12.8 Å². The molecule has 3 aromatic rings. The molecule has 0 saturated carbocycles. The Kier molecular flexibility index (Phi) is 5.46. The largest absolute Gasteiger partial charge is 0.361 e. The molecule has 2 aliphatic heterocycles. The van der Waals surface area contributed by atoms with Gasteiger partial charge in [0.1, 0.15) is 5.69 Å². The van der Waals surface area contributed by atoms with Gasteiger partial charge < -0.3 is 19.6 Å². The van der Waals surface area contributed by atoms with Crippen LogP contribution in [0.15, 0.2) is 30.3 Å². The minimum atomic E-state index is 0.609. The maximum Gasteiger partial charge on any atom is 0.229 e. The summed E-state index contributed by atoms with van der Waals surface area (Å²) >= 11 is 0. The van der Waals surface area contributed by atoms with Crippen LogP contribution in [0.25, 0.3) is 22.4 Å². The van der Waals surface area contributed by atoms with Crippen LogP contribution >= 0.6 is 0 Å². The lowest BCUT2D eigenvalue weighted by Crippen LogP contribution is -2.46. The van der Waals surface area contributed by atoms with Gasteiger partial charge in [0, 0.05) is 58.9 Å². The van der Waals surface area contributed by atoms with Crippen molar-refractivity contribution in [3.8, 4) is 11.3 Å². The zero-order valence-electron chi connectivity index (χ0n) is 18.6. The van der Waals surface area contributed by atoms with Crippen molar-refractivity contribution in [1.82, 2.24) is 24.8 Å². The highest BCUT2D eigenvalue weighted by Crippen LogP contribution is 2.33. The molecule has 0 atom stereocenters. The number of amides is 1. The van der Waals surface area contributed by atoms with E-state index in [-0.39, 0.29) is 0 Å². The summed E-state index contributed by atoms with van der Waals surface area (Å²) in [6.07, 6.45) is 3.20. The summed E-state index contributed by atoms with van der Waals surface area (Å²) in [5.74, 6) is 2.30. The number of piperazine rings is 1. The van der Waals surface area contributed by atoms with E-state index in [4.69, 9.17) is 19.9 Å². The molecule has 32 heavy (non-hydrogen) atoms. The van der Waals surface area contributed by atoms with E-state index in [9.17, 15) is 4.79 Å². The summed E-state index contributed by atoms with van der Waals surface area (Å²) in [7, 11) is 3.95. The Morgan fingerprint density at radius 1 is 0.844 bits per heavy atom. The zero-order chi connectivity index (χ0) is 22.1. The van der Waals surface area contributed by atoms with Gasteiger partial charge in [-0.1, -0.05) is 30.3 Å². The molecule has 2 aromatic heterocycles. The second-order valence-corrected chi connectivity index (χ2v) is 8.50. The van der Waals surface area contributed by atoms with Gasteiger partial charge in [0.15, 0.2) is 22.8 Å². The third-order valence-corrected chi connectivity index (χ3v) is 6.11. The molecule has 9 nitrogen and oxygen atoms in total. The molecule has 0 N–H and O–H groups in total. The average molecular weight is 433 g/mol. The summed E-state index contributed by atoms with van der Waals surface area (Å²) in [5.41, 5.74) is 3.20. The van der Waals surface area contributed by atoms with E-state index in [0.29, 0.717) is 37.8 Å². The van der Waals surface area contributed by atoms with Gasteiger partial charge in [-0.15, -0.1) is 0 Å². The molecule has 1 amide bonds. The maximum absolute atomic E-state index is 11.1. The predicted molar refractivity (Wildman–Crippen MR) is 126 cm³/mol. The minimum absolute atomic E-state index is 0.609. The van der Waals surface area contributed by atoms with E-state index in [1.165, 1.54) is 0 Å². The molecular weight excluding hydrogens is 404 g/mol. The van der Waals surface area contributed by atoms with Crippen LogP contribution in [-0.2, 0) is 4.79 Å². The van der Waals surface area contributed by atoms with Crippen LogP contribution < -0.4 is 14.7 Å². The molecule has 9 heteroatoms. The molecule has 2 saturated heterocycles. The first kappa shape index (κ1) is 20.4. The highest BCUT2D eigenvalue weighted by Gasteiger charge is 2.25. The van der Waals surface area contributed by atoms with E-state index in [1.54, 1.807) is 4.90 Å². The predicted octanol–water partition coefficient (Wildman–Crippen LogP) is 2.03. The second kappa shape index (κ2) is 8.57. The zero-order valence-corrected chi connectivity index (χ0v) is 18.6. The molecule has 1 aromatic carbocycles. The van der Waals surface area contributed by atoms with Gasteiger partial charge in [0.2, 0.25) is 12.4 Å². The Labute approximate surface area is 187 Å². The number of carbonyl (C=O) groups is 1. The molecule has 2 aliphatic rings. The van der Waals surface area contributed by atoms with Gasteiger partial charge in [-0.05, 0) is 12.8 Å². The van der Waals surface area contributed by atoms with Gasteiger partial charge >= 0.3 is 0 Å². The SMILES string of the molecule is CN(C)c1nc2nc(N3CCN(C=O)CC3)nc(N3CCCC3)c2nc1-c1ccccc1. The topological polar surface area (TPSA) is 81.6 Å². The molecule has 0 radical (unpaired) electrons. The number of hydrogen-bond donors (Lipinski definition) is 0. The van der Waals surface area contributed by atoms with Crippen LogP contribution in [0.2, 0.25) is 0 Å². The van der Waals surface area contributed by atoms with E-state index >= 15 is 0 Å². The first-order valence-electron chi connectivity index (χ1n) is 11.2. The second-order valence-electron chi connectivity index (χ2n) is 8.50. The molecule has 0 bridgehead atoms. The van der Waals surface area contributed by atoms with Crippen LogP contribution in [0.5, 0.6) is 0 Å². The van der Waals surface area contributed by atoms with Crippen LogP contribution in [0, 0.1) is 0 Å². The number of aromatic nitrogens is 4. The number of nitrogens with zero attached hydrogens (tertiary/aromatic N) is 8. The van der Waals surface area contributed by atoms with Crippen molar-refractivity contribution in [1.29, 1.82) is 0 Å². The number of fused-ring (bicyclic) bond motifs is 1. The number of carbonyl (C=O) groups excluding carboxylic acids is 1. The van der Waals surface area contributed by atoms with Gasteiger partial charge in [-0.2, -0.15) is 9.97 Å². The van der Waals surface area contributed by atoms with Crippen molar-refractivity contribution in [3.05, 3.63) is 30.3 Å². The van der Waals surface area contributed by atoms with Crippen LogP contribution in [0.3, 0.4) is 0 Å². The lowest BCUT2D eigenvalue weighted by Gasteiger charge is -2.33. The molecule has 0 unspecified atom stereocenters. The van der Waals surface area contributed by atoms with Gasteiger partial charge in [-0.25, -0.2) is 9.97 Å². The fraction of sp³-hybridized carbons (Fsp3) is 0.435. The van der Waals surface area contributed by atoms with Crippen LogP contribution in [-0.4, -0.2) is 84.6 Å². The Bertz CT molecular complexity index is 1110. The summed E-state index contributed by atoms with van der Waals surface area (Å²) < 4.78 is 0. The fourth-order valence-corrected chi connectivity index (χ4v) is 4.33. The van der Waals surface area contributed by atoms with Gasteiger partial charge in [0.05, 0.1) is 0 Å². The summed E-state index contributed by atoms with van der Waals surface area (Å²) in [6, 6.07) is 10.1. The standard InChI is InChI=1S/C23H28N8O/c1-28(2)21-18(17-8-4-3-5-9-17)24-19-20(25-21)26-23(27-22(19)30-10-6-7-11-30)31-14-12-29(16-32)13-15-31/h3-5,8-9,16H,6-7,10-15H2,1-2H3. The third-order valence-electron chi connectivity index (χ3n) is 6.11. The average Bonchev–Trinajstić information content (AvgIpc) is 3.38. The smallest absolute Gasteiger partial charge is 0.229 e. The molecule has 4 heterocycles. The summed E-state index contributed by atoms with van der Waals surface area (Å²) in [4.78, 5) is 39.2. The summed E-state index contributed by atoms with van der Waals surface area (Å²) in [5, 5.41) is 0. The van der Waals surface area contributed by atoms with Crippen molar-refractivity contribution in [2.45, 2.75) is 12.8 Å². The normalized spacial score (nSPS) is 16.6. The quantitative estimate of drug-likeness (QED) is 0.567. The molecule has 2 fully saturated rings. The number of anilines is 3. The highest BCUT2D eigenvalue weighted by molar-refractivity contribution is 5.89. The monoisotopic (exact) mass is 432 g/mol. The Hall–Kier alpha value is -3.49. The highest BCUT2D eigenvalue weighted by atomic mass is 16.1. The van der Waals surface area contributed by atoms with Gasteiger partial charge in [0.25, 0.3) is 0 Å². The van der Waals surface area contributed by atoms with Crippen molar-refractivity contribution in [2.75, 3.05) is 68.1 Å². The molecule has 0 spiro atoms. The van der Waals surface area contributed by atoms with Gasteiger partial charge in [-0.3, -0.25) is 4.79 Å². The number of benzene rings is 1. The fourth-order valence-electron chi connectivity index (χ4n) is 4.33. The van der Waals surface area contributed by atoms with E-state index in [2.05, 4.69) is 21.9 Å². The number of hydrogen-bond acceptors (Lipinski definition) is 8. The van der Waals surface area contributed by atoms with E-state index < -0.39 is 0 Å². The third kappa shape index (κ3) is 3.79. The number of rotatable bonds is 5.